The molecule has 164 valence electrons. The summed E-state index contributed by atoms with van der Waals surface area (Å²) < 4.78 is 3.60. The maximum absolute atomic E-state index is 13.3. The number of rotatable bonds is 4. The molecule has 3 aromatic heterocycles. The number of amides is 1. The molecule has 2 N–H and O–H groups in total. The zero-order valence-electron chi connectivity index (χ0n) is 18.2. The van der Waals surface area contributed by atoms with E-state index in [4.69, 9.17) is 15.8 Å². The standard InChI is InChI=1S/C22H30N8O/c1-3-29-19(7-9-24-29)22(31)28-10-5-4-6-18(28)17-12-20-25-21(15(2)13-30(20)26-17)27-11-8-16(23)14-27/h7,9,12-13,16,18H,3-6,8,10-11,14,23H2,1-2H3/t16-,18-/m0/s1. The molecule has 0 aromatic carbocycles. The normalized spacial score (nSPS) is 21.9. The molecule has 2 fully saturated rings. The van der Waals surface area contributed by atoms with Gasteiger partial charge in [0.1, 0.15) is 11.5 Å². The fraction of sp³-hybridized carbons (Fsp3) is 0.545. The minimum Gasteiger partial charge on any atom is -0.355 e. The van der Waals surface area contributed by atoms with Gasteiger partial charge >= 0.3 is 0 Å². The van der Waals surface area contributed by atoms with E-state index in [0.29, 0.717) is 12.2 Å². The van der Waals surface area contributed by atoms with Gasteiger partial charge in [-0.1, -0.05) is 0 Å². The molecule has 2 saturated heterocycles. The second-order valence-electron chi connectivity index (χ2n) is 8.66. The van der Waals surface area contributed by atoms with Crippen LogP contribution in [-0.4, -0.2) is 60.9 Å². The van der Waals surface area contributed by atoms with Crippen molar-refractivity contribution in [1.29, 1.82) is 0 Å². The van der Waals surface area contributed by atoms with Crippen molar-refractivity contribution in [2.75, 3.05) is 24.5 Å². The Balaban J connectivity index is 1.47. The lowest BCUT2D eigenvalue weighted by Crippen LogP contribution is -2.39. The molecule has 31 heavy (non-hydrogen) atoms. The zero-order valence-corrected chi connectivity index (χ0v) is 18.2. The van der Waals surface area contributed by atoms with Crippen molar-refractivity contribution >= 4 is 17.4 Å². The second kappa shape index (κ2) is 7.96. The number of anilines is 1. The van der Waals surface area contributed by atoms with Gasteiger partial charge in [-0.3, -0.25) is 9.48 Å². The topological polar surface area (TPSA) is 97.6 Å². The highest BCUT2D eigenvalue weighted by Crippen LogP contribution is 2.32. The predicted octanol–water partition coefficient (Wildman–Crippen LogP) is 2.16. The molecule has 0 radical (unpaired) electrons. The lowest BCUT2D eigenvalue weighted by atomic mass is 9.99. The Morgan fingerprint density at radius 2 is 2.13 bits per heavy atom. The smallest absolute Gasteiger partial charge is 0.272 e. The third kappa shape index (κ3) is 3.56. The number of hydrogen-bond donors (Lipinski definition) is 1. The first-order valence-electron chi connectivity index (χ1n) is 11.3. The average molecular weight is 423 g/mol. The molecule has 0 unspecified atom stereocenters. The van der Waals surface area contributed by atoms with E-state index < -0.39 is 0 Å². The van der Waals surface area contributed by atoms with Crippen molar-refractivity contribution < 1.29 is 4.79 Å². The molecule has 5 heterocycles. The van der Waals surface area contributed by atoms with E-state index >= 15 is 0 Å². The molecule has 2 aliphatic heterocycles. The molecule has 9 nitrogen and oxygen atoms in total. The maximum Gasteiger partial charge on any atom is 0.272 e. The maximum atomic E-state index is 13.3. The van der Waals surface area contributed by atoms with E-state index in [9.17, 15) is 4.79 Å². The van der Waals surface area contributed by atoms with Crippen LogP contribution in [0.5, 0.6) is 0 Å². The van der Waals surface area contributed by atoms with E-state index in [1.54, 1.807) is 16.9 Å². The Morgan fingerprint density at radius 3 is 2.90 bits per heavy atom. The molecular formula is C22H30N8O. The highest BCUT2D eigenvalue weighted by Gasteiger charge is 2.32. The molecule has 0 spiro atoms. The van der Waals surface area contributed by atoms with Crippen molar-refractivity contribution in [2.24, 2.45) is 5.73 Å². The number of nitrogens with zero attached hydrogens (tertiary/aromatic N) is 7. The quantitative estimate of drug-likeness (QED) is 0.692. The zero-order chi connectivity index (χ0) is 21.5. The van der Waals surface area contributed by atoms with Crippen LogP contribution in [0.15, 0.2) is 24.5 Å². The number of carbonyl (C=O) groups is 1. The van der Waals surface area contributed by atoms with E-state index in [-0.39, 0.29) is 18.0 Å². The summed E-state index contributed by atoms with van der Waals surface area (Å²) in [5.74, 6) is 1.01. The summed E-state index contributed by atoms with van der Waals surface area (Å²) in [6.07, 6.45) is 7.71. The monoisotopic (exact) mass is 422 g/mol. The predicted molar refractivity (Wildman–Crippen MR) is 118 cm³/mol. The third-order valence-corrected chi connectivity index (χ3v) is 6.49. The highest BCUT2D eigenvalue weighted by atomic mass is 16.2. The number of fused-ring (bicyclic) bond motifs is 1. The first-order chi connectivity index (χ1) is 15.0. The van der Waals surface area contributed by atoms with E-state index in [2.05, 4.69) is 16.9 Å². The van der Waals surface area contributed by atoms with Crippen molar-refractivity contribution in [2.45, 2.75) is 58.2 Å². The summed E-state index contributed by atoms with van der Waals surface area (Å²) in [6.45, 7) is 7.24. The van der Waals surface area contributed by atoms with Crippen LogP contribution in [0.1, 0.15) is 60.4 Å². The molecule has 5 rings (SSSR count). The summed E-state index contributed by atoms with van der Waals surface area (Å²) in [6, 6.07) is 3.99. The first-order valence-corrected chi connectivity index (χ1v) is 11.3. The molecular weight excluding hydrogens is 392 g/mol. The van der Waals surface area contributed by atoms with Gasteiger partial charge in [0.2, 0.25) is 0 Å². The Morgan fingerprint density at radius 1 is 1.26 bits per heavy atom. The van der Waals surface area contributed by atoms with Gasteiger partial charge in [-0.25, -0.2) is 9.50 Å². The summed E-state index contributed by atoms with van der Waals surface area (Å²) in [7, 11) is 0. The van der Waals surface area contributed by atoms with Gasteiger partial charge in [0.05, 0.1) is 11.7 Å². The second-order valence-corrected chi connectivity index (χ2v) is 8.66. The number of likely N-dealkylation sites (tertiary alicyclic amines) is 1. The number of aromatic nitrogens is 5. The van der Waals surface area contributed by atoms with Crippen molar-refractivity contribution in [1.82, 2.24) is 29.3 Å². The summed E-state index contributed by atoms with van der Waals surface area (Å²) in [5, 5.41) is 9.10. The lowest BCUT2D eigenvalue weighted by Gasteiger charge is -2.34. The number of aryl methyl sites for hydroxylation is 2. The van der Waals surface area contributed by atoms with Crippen LogP contribution in [-0.2, 0) is 6.54 Å². The van der Waals surface area contributed by atoms with Gasteiger partial charge in [-0.05, 0) is 45.6 Å². The molecule has 3 aromatic rings. The molecule has 0 saturated carbocycles. The Labute approximate surface area is 181 Å². The molecule has 0 bridgehead atoms. The van der Waals surface area contributed by atoms with E-state index in [1.165, 1.54) is 0 Å². The summed E-state index contributed by atoms with van der Waals surface area (Å²) in [5.41, 5.74) is 9.54. The molecule has 1 amide bonds. The van der Waals surface area contributed by atoms with Crippen LogP contribution in [0.2, 0.25) is 0 Å². The average Bonchev–Trinajstić information content (AvgIpc) is 3.51. The lowest BCUT2D eigenvalue weighted by molar-refractivity contribution is 0.0593. The van der Waals surface area contributed by atoms with Crippen molar-refractivity contribution in [3.8, 4) is 0 Å². The van der Waals surface area contributed by atoms with Gasteiger partial charge < -0.3 is 15.5 Å². The Bertz CT molecular complexity index is 1100. The largest absolute Gasteiger partial charge is 0.355 e. The van der Waals surface area contributed by atoms with Crippen LogP contribution in [0.3, 0.4) is 0 Å². The fourth-order valence-electron chi connectivity index (χ4n) is 4.88. The number of carbonyl (C=O) groups excluding carboxylic acids is 1. The van der Waals surface area contributed by atoms with Crippen LogP contribution < -0.4 is 10.6 Å². The molecule has 9 heteroatoms. The SMILES string of the molecule is CCn1nccc1C(=O)N1CCCC[C@H]1c1cc2nc(N3CC[C@H](N)C3)c(C)cn2n1. The molecule has 2 aliphatic rings. The summed E-state index contributed by atoms with van der Waals surface area (Å²) in [4.78, 5) is 22.5. The third-order valence-electron chi connectivity index (χ3n) is 6.49. The van der Waals surface area contributed by atoms with Crippen LogP contribution in [0.25, 0.3) is 5.65 Å². The van der Waals surface area contributed by atoms with Crippen LogP contribution >= 0.6 is 0 Å². The van der Waals surface area contributed by atoms with Gasteiger partial charge in [0, 0.05) is 56.2 Å². The Hall–Kier alpha value is -2.94. The van der Waals surface area contributed by atoms with Gasteiger partial charge in [0.25, 0.3) is 5.91 Å². The first kappa shape index (κ1) is 20.0. The van der Waals surface area contributed by atoms with E-state index in [1.807, 2.05) is 28.6 Å². The van der Waals surface area contributed by atoms with Gasteiger partial charge in [0.15, 0.2) is 5.65 Å². The van der Waals surface area contributed by atoms with E-state index in [0.717, 1.165) is 68.0 Å². The van der Waals surface area contributed by atoms with Crippen LogP contribution in [0, 0.1) is 6.92 Å². The Kier molecular flexibility index (Phi) is 5.13. The number of hydrogen-bond acceptors (Lipinski definition) is 6. The van der Waals surface area contributed by atoms with Gasteiger partial charge in [-0.15, -0.1) is 0 Å². The minimum absolute atomic E-state index is 0.0250. The van der Waals surface area contributed by atoms with Crippen LogP contribution in [0.4, 0.5) is 5.82 Å². The van der Waals surface area contributed by atoms with Gasteiger partial charge in [-0.2, -0.15) is 10.2 Å². The fourth-order valence-corrected chi connectivity index (χ4v) is 4.88. The van der Waals surface area contributed by atoms with Crippen molar-refractivity contribution in [3.63, 3.8) is 0 Å². The summed E-state index contributed by atoms with van der Waals surface area (Å²) >= 11 is 0. The number of piperidine rings is 1. The molecule has 2 atom stereocenters. The van der Waals surface area contributed by atoms with Crippen molar-refractivity contribution in [3.05, 3.63) is 41.5 Å². The minimum atomic E-state index is -0.0490. The number of nitrogens with two attached hydrogens (primary N) is 1. The molecule has 0 aliphatic carbocycles. The highest BCUT2D eigenvalue weighted by molar-refractivity contribution is 5.93.